The quantitative estimate of drug-likeness (QED) is 0.892. The number of amides is 1. The zero-order valence-corrected chi connectivity index (χ0v) is 14.0. The Kier molecular flexibility index (Phi) is 4.47. The van der Waals surface area contributed by atoms with E-state index in [1.807, 2.05) is 22.9 Å². The summed E-state index contributed by atoms with van der Waals surface area (Å²) in [6, 6.07) is 7.56. The topological polar surface area (TPSA) is 56.1 Å². The minimum absolute atomic E-state index is 0.175. The molecule has 1 saturated carbocycles. The van der Waals surface area contributed by atoms with Gasteiger partial charge in [-0.2, -0.15) is 5.10 Å². The minimum Gasteiger partial charge on any atom is -0.497 e. The fraction of sp³-hybridized carbons (Fsp3) is 0.375. The Labute approximate surface area is 137 Å². The molecule has 1 N–H and O–H groups in total. The summed E-state index contributed by atoms with van der Waals surface area (Å²) in [4.78, 5) is 12.5. The predicted octanol–water partition coefficient (Wildman–Crippen LogP) is 4.02. The average Bonchev–Trinajstić information content (AvgIpc) is 3.18. The maximum atomic E-state index is 12.5. The summed E-state index contributed by atoms with van der Waals surface area (Å²) in [6.07, 6.45) is 6.41. The molecule has 1 heterocycles. The van der Waals surface area contributed by atoms with Gasteiger partial charge >= 0.3 is 0 Å². The number of halogens is 1. The highest BCUT2D eigenvalue weighted by molar-refractivity contribution is 9.10. The number of carbonyl (C=O) groups is 1. The largest absolute Gasteiger partial charge is 0.497 e. The van der Waals surface area contributed by atoms with E-state index < -0.39 is 0 Å². The molecule has 5 nitrogen and oxygen atoms in total. The maximum absolute atomic E-state index is 12.5. The lowest BCUT2D eigenvalue weighted by Gasteiger charge is -2.15. The Morgan fingerprint density at radius 2 is 2.14 bits per heavy atom. The van der Waals surface area contributed by atoms with Crippen LogP contribution in [0.2, 0.25) is 0 Å². The van der Waals surface area contributed by atoms with E-state index in [0.29, 0.717) is 17.4 Å². The number of rotatable bonds is 4. The molecule has 0 atom stereocenters. The third-order valence-corrected chi connectivity index (χ3v) is 4.69. The van der Waals surface area contributed by atoms with Gasteiger partial charge in [0.25, 0.3) is 5.91 Å². The smallest absolute Gasteiger partial charge is 0.258 e. The summed E-state index contributed by atoms with van der Waals surface area (Å²) in [5.41, 5.74) is 0.540. The normalized spacial score (nSPS) is 15.0. The van der Waals surface area contributed by atoms with Crippen molar-refractivity contribution in [2.24, 2.45) is 0 Å². The average molecular weight is 364 g/mol. The van der Waals surface area contributed by atoms with Gasteiger partial charge in [-0.05, 0) is 47.0 Å². The molecule has 1 aromatic heterocycles. The van der Waals surface area contributed by atoms with Gasteiger partial charge in [0.05, 0.1) is 24.9 Å². The van der Waals surface area contributed by atoms with E-state index in [4.69, 9.17) is 4.74 Å². The Hall–Kier alpha value is -1.82. The molecule has 0 bridgehead atoms. The van der Waals surface area contributed by atoms with Crippen LogP contribution in [0.1, 0.15) is 42.1 Å². The molecular formula is C16H18BrN3O2. The number of hydrogen-bond donors (Lipinski definition) is 1. The van der Waals surface area contributed by atoms with Crippen LogP contribution in [0.3, 0.4) is 0 Å². The second kappa shape index (κ2) is 6.52. The molecule has 22 heavy (non-hydrogen) atoms. The van der Waals surface area contributed by atoms with Crippen molar-refractivity contribution < 1.29 is 9.53 Å². The second-order valence-electron chi connectivity index (χ2n) is 5.40. The molecule has 0 unspecified atom stereocenters. The Bertz CT molecular complexity index is 678. The molecule has 0 saturated heterocycles. The molecule has 0 radical (unpaired) electrons. The van der Waals surface area contributed by atoms with E-state index in [1.165, 1.54) is 12.8 Å². The third-order valence-electron chi connectivity index (χ3n) is 4.00. The first kappa shape index (κ1) is 15.1. The van der Waals surface area contributed by atoms with E-state index in [2.05, 4.69) is 26.3 Å². The first-order valence-electron chi connectivity index (χ1n) is 7.37. The van der Waals surface area contributed by atoms with Crippen molar-refractivity contribution in [3.63, 3.8) is 0 Å². The lowest BCUT2D eigenvalue weighted by Crippen LogP contribution is -2.18. The van der Waals surface area contributed by atoms with E-state index in [-0.39, 0.29) is 5.91 Å². The van der Waals surface area contributed by atoms with Crippen LogP contribution in [0.4, 0.5) is 5.82 Å². The van der Waals surface area contributed by atoms with Crippen molar-refractivity contribution in [2.45, 2.75) is 31.7 Å². The van der Waals surface area contributed by atoms with Gasteiger partial charge in [0.2, 0.25) is 0 Å². The highest BCUT2D eigenvalue weighted by Crippen LogP contribution is 2.31. The van der Waals surface area contributed by atoms with Gasteiger partial charge in [-0.25, -0.2) is 4.68 Å². The first-order chi connectivity index (χ1) is 10.7. The van der Waals surface area contributed by atoms with Crippen LogP contribution >= 0.6 is 15.9 Å². The number of ether oxygens (including phenoxy) is 1. The van der Waals surface area contributed by atoms with Crippen molar-refractivity contribution in [2.75, 3.05) is 12.4 Å². The van der Waals surface area contributed by atoms with Crippen LogP contribution in [0.25, 0.3) is 0 Å². The molecule has 1 aliphatic rings. The van der Waals surface area contributed by atoms with Crippen LogP contribution < -0.4 is 10.1 Å². The zero-order valence-electron chi connectivity index (χ0n) is 12.4. The standard InChI is InChI=1S/C16H18BrN3O2/c1-22-12-6-7-14(17)13(10-12)16(21)19-15-8-9-18-20(15)11-4-2-3-5-11/h6-11H,2-5H2,1H3,(H,19,21). The fourth-order valence-electron chi connectivity index (χ4n) is 2.84. The maximum Gasteiger partial charge on any atom is 0.258 e. The minimum atomic E-state index is -0.175. The van der Waals surface area contributed by atoms with E-state index >= 15 is 0 Å². The Morgan fingerprint density at radius 3 is 2.86 bits per heavy atom. The lowest BCUT2D eigenvalue weighted by atomic mass is 10.2. The van der Waals surface area contributed by atoms with Crippen LogP contribution in [-0.4, -0.2) is 22.8 Å². The molecule has 3 rings (SSSR count). The number of anilines is 1. The van der Waals surface area contributed by atoms with Crippen LogP contribution in [-0.2, 0) is 0 Å². The van der Waals surface area contributed by atoms with Crippen molar-refractivity contribution in [1.29, 1.82) is 0 Å². The zero-order chi connectivity index (χ0) is 15.5. The van der Waals surface area contributed by atoms with Crippen molar-refractivity contribution >= 4 is 27.7 Å². The van der Waals surface area contributed by atoms with Gasteiger partial charge in [0.1, 0.15) is 11.6 Å². The molecular weight excluding hydrogens is 346 g/mol. The van der Waals surface area contributed by atoms with Crippen molar-refractivity contribution in [1.82, 2.24) is 9.78 Å². The molecule has 2 aromatic rings. The molecule has 1 fully saturated rings. The number of nitrogens with zero attached hydrogens (tertiary/aromatic N) is 2. The van der Waals surface area contributed by atoms with Gasteiger partial charge in [0, 0.05) is 10.5 Å². The summed E-state index contributed by atoms with van der Waals surface area (Å²) in [7, 11) is 1.58. The highest BCUT2D eigenvalue weighted by atomic mass is 79.9. The summed E-state index contributed by atoms with van der Waals surface area (Å²) < 4.78 is 7.85. The van der Waals surface area contributed by atoms with Crippen LogP contribution in [0.15, 0.2) is 34.9 Å². The number of carbonyl (C=O) groups excluding carboxylic acids is 1. The van der Waals surface area contributed by atoms with E-state index in [9.17, 15) is 4.79 Å². The van der Waals surface area contributed by atoms with Gasteiger partial charge in [-0.1, -0.05) is 12.8 Å². The fourth-order valence-corrected chi connectivity index (χ4v) is 3.27. The van der Waals surface area contributed by atoms with Crippen LogP contribution in [0.5, 0.6) is 5.75 Å². The molecule has 0 spiro atoms. The van der Waals surface area contributed by atoms with Crippen molar-refractivity contribution in [3.05, 3.63) is 40.5 Å². The van der Waals surface area contributed by atoms with Gasteiger partial charge in [-0.3, -0.25) is 4.79 Å². The van der Waals surface area contributed by atoms with E-state index in [1.54, 1.807) is 19.4 Å². The van der Waals surface area contributed by atoms with Gasteiger partial charge < -0.3 is 10.1 Å². The predicted molar refractivity (Wildman–Crippen MR) is 88.4 cm³/mol. The molecule has 116 valence electrons. The van der Waals surface area contributed by atoms with Crippen molar-refractivity contribution in [3.8, 4) is 5.75 Å². The molecule has 1 aliphatic carbocycles. The number of methoxy groups -OCH3 is 1. The number of nitrogens with one attached hydrogen (secondary N) is 1. The monoisotopic (exact) mass is 363 g/mol. The number of hydrogen-bond acceptors (Lipinski definition) is 3. The summed E-state index contributed by atoms with van der Waals surface area (Å²) in [5, 5.41) is 7.32. The number of benzene rings is 1. The molecule has 6 heteroatoms. The third kappa shape index (κ3) is 3.02. The SMILES string of the molecule is COc1ccc(Br)c(C(=O)Nc2ccnn2C2CCCC2)c1. The Balaban J connectivity index is 1.81. The Morgan fingerprint density at radius 1 is 1.36 bits per heavy atom. The summed E-state index contributed by atoms with van der Waals surface area (Å²) >= 11 is 3.41. The summed E-state index contributed by atoms with van der Waals surface area (Å²) in [6.45, 7) is 0. The molecule has 0 aliphatic heterocycles. The highest BCUT2D eigenvalue weighted by Gasteiger charge is 2.21. The van der Waals surface area contributed by atoms with Gasteiger partial charge in [0.15, 0.2) is 0 Å². The first-order valence-corrected chi connectivity index (χ1v) is 8.17. The van der Waals surface area contributed by atoms with Gasteiger partial charge in [-0.15, -0.1) is 0 Å². The van der Waals surface area contributed by atoms with Crippen LogP contribution in [0, 0.1) is 0 Å². The second-order valence-corrected chi connectivity index (χ2v) is 6.25. The molecule has 1 aromatic carbocycles. The lowest BCUT2D eigenvalue weighted by molar-refractivity contribution is 0.102. The number of aromatic nitrogens is 2. The summed E-state index contributed by atoms with van der Waals surface area (Å²) in [5.74, 6) is 1.22. The molecule has 1 amide bonds. The van der Waals surface area contributed by atoms with E-state index in [0.717, 1.165) is 23.1 Å².